The van der Waals surface area contributed by atoms with E-state index in [0.717, 1.165) is 51.0 Å². The first kappa shape index (κ1) is 31.2. The molecule has 0 aromatic heterocycles. The van der Waals surface area contributed by atoms with Crippen molar-refractivity contribution < 1.29 is 57.7 Å². The number of carbonyl (C=O) groups is 1. The maximum absolute atomic E-state index is 13.5. The lowest BCUT2D eigenvalue weighted by Crippen LogP contribution is -2.71. The van der Waals surface area contributed by atoms with Gasteiger partial charge in [-0.25, -0.2) is 0 Å². The van der Waals surface area contributed by atoms with Crippen molar-refractivity contribution in [3.8, 4) is 5.75 Å². The van der Waals surface area contributed by atoms with Gasteiger partial charge in [0.1, 0.15) is 25.4 Å². The van der Waals surface area contributed by atoms with E-state index in [9.17, 15) is 43.8 Å². The monoisotopic (exact) mass is 642 g/mol. The third-order valence-electron chi connectivity index (χ3n) is 5.50. The van der Waals surface area contributed by atoms with Crippen LogP contribution in [0.15, 0.2) is 12.1 Å². The molecule has 3 saturated heterocycles. The number of Topliss-reactive ketones (excluding diaryl/α,β-unsaturated/α-hetero) is 1. The van der Waals surface area contributed by atoms with Crippen LogP contribution in [0.1, 0.15) is 22.3 Å². The predicted octanol–water partition coefficient (Wildman–Crippen LogP) is 5.76. The summed E-state index contributed by atoms with van der Waals surface area (Å²) >= 11 is 8.05. The molecular formula is C17H23B2ClF9IN2O2. The Hall–Kier alpha value is -0.870. The van der Waals surface area contributed by atoms with Crippen molar-refractivity contribution >= 4 is 54.5 Å². The highest BCUT2D eigenvalue weighted by Gasteiger charge is 2.50. The van der Waals surface area contributed by atoms with E-state index in [4.69, 9.17) is 16.3 Å². The van der Waals surface area contributed by atoms with Crippen LogP contribution in [0, 0.1) is 3.57 Å². The van der Waals surface area contributed by atoms with Crippen LogP contribution in [0.4, 0.5) is 39.0 Å². The summed E-state index contributed by atoms with van der Waals surface area (Å²) in [6, 6.07) is 4.53. The summed E-state index contributed by atoms with van der Waals surface area (Å²) in [7, 11) is -10.4. The fraction of sp³-hybridized carbons (Fsp3) is 0.588. The minimum Gasteiger partial charge on any atom is -0.496 e. The minimum atomic E-state index is -6.00. The maximum Gasteiger partial charge on any atom is 0.673 e. The highest BCUT2D eigenvalue weighted by atomic mass is 127. The van der Waals surface area contributed by atoms with Crippen LogP contribution >= 0.6 is 34.2 Å². The molecule has 1 aromatic rings. The van der Waals surface area contributed by atoms with Crippen molar-refractivity contribution in [2.45, 2.75) is 12.8 Å². The highest BCUT2D eigenvalue weighted by Crippen LogP contribution is 2.33. The van der Waals surface area contributed by atoms with Gasteiger partial charge in [-0.15, -0.1) is 4.71 Å². The third-order valence-corrected chi connectivity index (χ3v) is 6.90. The first-order valence-corrected chi connectivity index (χ1v) is 11.6. The van der Waals surface area contributed by atoms with Gasteiger partial charge in [0, 0.05) is 21.1 Å². The third kappa shape index (κ3) is 10.8. The summed E-state index contributed by atoms with van der Waals surface area (Å²) in [6.07, 6.45) is 1.46. The van der Waals surface area contributed by atoms with E-state index in [1.54, 1.807) is 7.11 Å². The lowest BCUT2D eigenvalue weighted by Gasteiger charge is -2.48. The first-order chi connectivity index (χ1) is 15.4. The Morgan fingerprint density at radius 3 is 1.74 bits per heavy atom. The molecule has 0 amide bonds. The Bertz CT molecular complexity index is 798. The summed E-state index contributed by atoms with van der Waals surface area (Å²) in [5.74, 6) is 1.10. The number of quaternary nitrogens is 2. The van der Waals surface area contributed by atoms with Gasteiger partial charge in [-0.3, -0.25) is 9.28 Å². The molecule has 3 heterocycles. The average molecular weight is 642 g/mol. The number of rotatable bonds is 2. The molecule has 17 heteroatoms. The van der Waals surface area contributed by atoms with Crippen molar-refractivity contribution in [2.24, 2.45) is 0 Å². The molecule has 34 heavy (non-hydrogen) atoms. The summed E-state index contributed by atoms with van der Waals surface area (Å²) in [5, 5.41) is 0. The average Bonchev–Trinajstić information content (AvgIpc) is 3.10. The van der Waals surface area contributed by atoms with Gasteiger partial charge < -0.3 is 39.3 Å². The molecule has 1 aromatic carbocycles. The molecule has 3 aliphatic heterocycles. The van der Waals surface area contributed by atoms with Crippen LogP contribution in [0.25, 0.3) is 0 Å². The number of piperazine rings is 3. The van der Waals surface area contributed by atoms with Crippen molar-refractivity contribution in [3.63, 3.8) is 0 Å². The normalized spacial score (nSPS) is 25.1. The molecule has 4 aliphatic rings. The summed E-state index contributed by atoms with van der Waals surface area (Å²) in [4.78, 5) is 11.5. The van der Waals surface area contributed by atoms with Crippen LogP contribution in [0.3, 0.4) is 0 Å². The topological polar surface area (TPSA) is 26.3 Å². The Balaban J connectivity index is 0.000000249. The van der Waals surface area contributed by atoms with Gasteiger partial charge in [0.15, 0.2) is 31.4 Å². The number of ketones is 1. The SMILES string of the molecule is COc1ccc(I)c2c1CCC2=O.F[B-](F)(F)F.F[B-](F)(F)F.F[N+]12CC[N+](CCl)(CC1)CC2. The van der Waals surface area contributed by atoms with Crippen molar-refractivity contribution in [2.75, 3.05) is 52.4 Å². The number of ether oxygens (including phenoxy) is 1. The first-order valence-electron chi connectivity index (χ1n) is 10.0. The molecule has 0 spiro atoms. The lowest BCUT2D eigenvalue weighted by atomic mass is 10.1. The second kappa shape index (κ2) is 12.4. The molecule has 0 atom stereocenters. The Labute approximate surface area is 209 Å². The Morgan fingerprint density at radius 2 is 1.35 bits per heavy atom. The molecule has 3 fully saturated rings. The highest BCUT2D eigenvalue weighted by molar-refractivity contribution is 14.1. The van der Waals surface area contributed by atoms with Crippen LogP contribution in [0.2, 0.25) is 0 Å². The van der Waals surface area contributed by atoms with E-state index in [1.165, 1.54) is 0 Å². The van der Waals surface area contributed by atoms with E-state index in [0.29, 0.717) is 32.1 Å². The lowest BCUT2D eigenvalue weighted by molar-refractivity contribution is -1.15. The molecule has 0 radical (unpaired) electrons. The number of hydrogen-bond acceptors (Lipinski definition) is 2. The number of hydrogen-bond donors (Lipinski definition) is 0. The summed E-state index contributed by atoms with van der Waals surface area (Å²) < 4.78 is 98.5. The smallest absolute Gasteiger partial charge is 0.496 e. The van der Waals surface area contributed by atoms with Gasteiger partial charge in [-0.2, -0.15) is 0 Å². The van der Waals surface area contributed by atoms with Gasteiger partial charge >= 0.3 is 14.5 Å². The van der Waals surface area contributed by atoms with E-state index >= 15 is 0 Å². The van der Waals surface area contributed by atoms with Crippen LogP contribution < -0.4 is 4.74 Å². The zero-order valence-electron chi connectivity index (χ0n) is 18.0. The minimum absolute atomic E-state index is 0.198. The number of nitrogens with zero attached hydrogens (tertiary/aromatic N) is 2. The van der Waals surface area contributed by atoms with Crippen molar-refractivity contribution in [1.29, 1.82) is 0 Å². The van der Waals surface area contributed by atoms with Crippen LogP contribution in [0.5, 0.6) is 5.75 Å². The molecule has 1 aliphatic carbocycles. The molecule has 4 nitrogen and oxygen atoms in total. The maximum atomic E-state index is 13.5. The number of methoxy groups -OCH3 is 1. The van der Waals surface area contributed by atoms with Gasteiger partial charge in [0.25, 0.3) is 0 Å². The summed E-state index contributed by atoms with van der Waals surface area (Å²) in [6.45, 7) is 4.81. The molecule has 5 rings (SSSR count). The van der Waals surface area contributed by atoms with Crippen LogP contribution in [-0.2, 0) is 6.42 Å². The summed E-state index contributed by atoms with van der Waals surface area (Å²) in [5.41, 5.74) is 1.96. The van der Waals surface area contributed by atoms with E-state index in [-0.39, 0.29) is 10.5 Å². The fourth-order valence-electron chi connectivity index (χ4n) is 3.73. The number of benzene rings is 1. The molecular weight excluding hydrogens is 619 g/mol. The van der Waals surface area contributed by atoms with Gasteiger partial charge in [0.05, 0.1) is 7.11 Å². The Kier molecular flexibility index (Phi) is 11.4. The van der Waals surface area contributed by atoms with Gasteiger partial charge in [-0.1, -0.05) is 11.6 Å². The van der Waals surface area contributed by atoms with Crippen molar-refractivity contribution in [1.82, 2.24) is 0 Å². The second-order valence-corrected chi connectivity index (χ2v) is 9.25. The largest absolute Gasteiger partial charge is 0.673 e. The standard InChI is InChI=1S/C10H9IO2.C7H14ClFN2.2BF4/c1-13-9-5-3-7(11)10-6(9)2-4-8(10)12;8-7-10-1-4-11(9,5-2-10)6-3-10;2*2-1(3,4)5/h3,5H,2,4H2,1H3;1-7H2;;/q;+2;2*-1. The molecule has 2 bridgehead atoms. The van der Waals surface area contributed by atoms with Gasteiger partial charge in [0.2, 0.25) is 0 Å². The van der Waals surface area contributed by atoms with E-state index in [2.05, 4.69) is 22.6 Å². The molecule has 0 saturated carbocycles. The van der Waals surface area contributed by atoms with Crippen molar-refractivity contribution in [3.05, 3.63) is 26.8 Å². The zero-order chi connectivity index (χ0) is 26.4. The fourth-order valence-corrected chi connectivity index (χ4v) is 4.89. The quantitative estimate of drug-likeness (QED) is 0.0782. The predicted molar refractivity (Wildman–Crippen MR) is 120 cm³/mol. The molecule has 0 N–H and O–H groups in total. The zero-order valence-corrected chi connectivity index (χ0v) is 21.0. The second-order valence-electron chi connectivity index (χ2n) is 7.85. The van der Waals surface area contributed by atoms with Gasteiger partial charge in [-0.05, 0) is 45.6 Å². The number of fused-ring (bicyclic) bond motifs is 4. The number of carbonyl (C=O) groups excluding carboxylic acids is 1. The number of alkyl halides is 1. The van der Waals surface area contributed by atoms with E-state index < -0.39 is 14.5 Å². The number of halogens is 11. The molecule has 196 valence electrons. The Morgan fingerprint density at radius 1 is 0.912 bits per heavy atom. The van der Waals surface area contributed by atoms with E-state index in [1.807, 2.05) is 12.1 Å². The van der Waals surface area contributed by atoms with Crippen LogP contribution in [-0.4, -0.2) is 81.9 Å². The molecule has 0 unspecified atom stereocenters.